The van der Waals surface area contributed by atoms with E-state index in [1.165, 1.54) is 10.9 Å². The molecule has 0 saturated heterocycles. The molecule has 0 saturated carbocycles. The molecule has 1 aromatic rings. The average molecular weight is 172 g/mol. The number of rotatable bonds is 3. The third-order valence-corrected chi connectivity index (χ3v) is 1.40. The standard InChI is InChI=1S/C5H8N4O3/c1-4(3-10)8-2-5(6-7-8)9(11)12/h2,4,10H,3H2,1H3. The fourth-order valence-corrected chi connectivity index (χ4v) is 0.650. The number of nitro groups is 1. The van der Waals surface area contributed by atoms with Gasteiger partial charge in [0.2, 0.25) is 0 Å². The van der Waals surface area contributed by atoms with E-state index in [9.17, 15) is 10.1 Å². The van der Waals surface area contributed by atoms with Crippen LogP contribution in [0, 0.1) is 10.1 Å². The summed E-state index contributed by atoms with van der Waals surface area (Å²) in [5.74, 6) is -0.310. The third kappa shape index (κ3) is 1.56. The molecule has 0 bridgehead atoms. The number of hydrogen-bond acceptors (Lipinski definition) is 5. The molecule has 0 aliphatic heterocycles. The zero-order valence-electron chi connectivity index (χ0n) is 6.41. The van der Waals surface area contributed by atoms with Gasteiger partial charge in [0, 0.05) is 0 Å². The molecule has 66 valence electrons. The summed E-state index contributed by atoms with van der Waals surface area (Å²) < 4.78 is 1.25. The first-order valence-corrected chi connectivity index (χ1v) is 3.32. The van der Waals surface area contributed by atoms with Crippen molar-refractivity contribution in [3.05, 3.63) is 16.3 Å². The van der Waals surface area contributed by atoms with Crippen LogP contribution in [0.25, 0.3) is 0 Å². The summed E-state index contributed by atoms with van der Waals surface area (Å²) in [5.41, 5.74) is 0. The molecular formula is C5H8N4O3. The van der Waals surface area contributed by atoms with Crippen LogP contribution in [0.2, 0.25) is 0 Å². The Balaban J connectivity index is 2.84. The minimum atomic E-state index is -0.631. The summed E-state index contributed by atoms with van der Waals surface area (Å²) in [5, 5.41) is 25.6. The summed E-state index contributed by atoms with van der Waals surface area (Å²) in [4.78, 5) is 9.52. The average Bonchev–Trinajstić information content (AvgIpc) is 2.51. The Kier molecular flexibility index (Phi) is 2.34. The van der Waals surface area contributed by atoms with Crippen molar-refractivity contribution in [2.24, 2.45) is 0 Å². The van der Waals surface area contributed by atoms with Crippen LogP contribution in [0.5, 0.6) is 0 Å². The number of aromatic nitrogens is 3. The van der Waals surface area contributed by atoms with Gasteiger partial charge >= 0.3 is 5.82 Å². The van der Waals surface area contributed by atoms with Crippen molar-refractivity contribution in [1.29, 1.82) is 0 Å². The maximum atomic E-state index is 10.2. The summed E-state index contributed by atoms with van der Waals surface area (Å²) >= 11 is 0. The van der Waals surface area contributed by atoms with Crippen LogP contribution in [0.1, 0.15) is 13.0 Å². The quantitative estimate of drug-likeness (QED) is 0.500. The van der Waals surface area contributed by atoms with Gasteiger partial charge in [0.15, 0.2) is 0 Å². The first kappa shape index (κ1) is 8.60. The lowest BCUT2D eigenvalue weighted by Crippen LogP contribution is -2.09. The lowest BCUT2D eigenvalue weighted by Gasteiger charge is -2.02. The van der Waals surface area contributed by atoms with E-state index in [-0.39, 0.29) is 18.5 Å². The van der Waals surface area contributed by atoms with E-state index in [1.807, 2.05) is 0 Å². The van der Waals surface area contributed by atoms with Gasteiger partial charge in [0.05, 0.1) is 17.9 Å². The molecule has 1 unspecified atom stereocenters. The Labute approximate surface area is 67.8 Å². The van der Waals surface area contributed by atoms with Gasteiger partial charge in [0.25, 0.3) is 0 Å². The molecule has 0 aliphatic rings. The van der Waals surface area contributed by atoms with Gasteiger partial charge in [-0.05, 0) is 11.8 Å². The van der Waals surface area contributed by atoms with E-state index in [2.05, 4.69) is 10.3 Å². The molecule has 1 heterocycles. The lowest BCUT2D eigenvalue weighted by molar-refractivity contribution is -0.389. The first-order chi connectivity index (χ1) is 5.65. The highest BCUT2D eigenvalue weighted by Gasteiger charge is 2.14. The van der Waals surface area contributed by atoms with Crippen molar-refractivity contribution in [2.45, 2.75) is 13.0 Å². The molecule has 1 atom stereocenters. The van der Waals surface area contributed by atoms with E-state index in [4.69, 9.17) is 5.11 Å². The second-order valence-electron chi connectivity index (χ2n) is 2.35. The highest BCUT2D eigenvalue weighted by molar-refractivity contribution is 5.09. The molecule has 0 amide bonds. The van der Waals surface area contributed by atoms with Crippen LogP contribution in [-0.2, 0) is 0 Å². The lowest BCUT2D eigenvalue weighted by atomic mass is 10.4. The summed E-state index contributed by atoms with van der Waals surface area (Å²) in [6, 6.07) is -0.286. The molecule has 0 spiro atoms. The van der Waals surface area contributed by atoms with Crippen molar-refractivity contribution in [3.8, 4) is 0 Å². The second-order valence-corrected chi connectivity index (χ2v) is 2.35. The SMILES string of the molecule is CC(CO)n1cc([N+](=O)[O-])nn1. The van der Waals surface area contributed by atoms with Gasteiger partial charge in [-0.3, -0.25) is 0 Å². The van der Waals surface area contributed by atoms with Gasteiger partial charge < -0.3 is 15.2 Å². The summed E-state index contributed by atoms with van der Waals surface area (Å²) in [7, 11) is 0. The Morgan fingerprint density at radius 2 is 2.58 bits per heavy atom. The zero-order chi connectivity index (χ0) is 9.14. The maximum Gasteiger partial charge on any atom is 0.410 e. The van der Waals surface area contributed by atoms with Crippen molar-refractivity contribution >= 4 is 5.82 Å². The topological polar surface area (TPSA) is 94.1 Å². The number of nitrogens with zero attached hydrogens (tertiary/aromatic N) is 4. The number of aliphatic hydroxyl groups is 1. The molecule has 0 aliphatic carbocycles. The van der Waals surface area contributed by atoms with Gasteiger partial charge in [-0.2, -0.15) is 0 Å². The van der Waals surface area contributed by atoms with Crippen LogP contribution in [-0.4, -0.2) is 31.6 Å². The highest BCUT2D eigenvalue weighted by Crippen LogP contribution is 2.08. The van der Waals surface area contributed by atoms with E-state index in [1.54, 1.807) is 6.92 Å². The molecule has 7 heteroatoms. The van der Waals surface area contributed by atoms with Crippen LogP contribution in [0.15, 0.2) is 6.20 Å². The normalized spacial score (nSPS) is 12.8. The summed E-state index contributed by atoms with van der Waals surface area (Å²) in [6.45, 7) is 1.55. The smallest absolute Gasteiger partial charge is 0.394 e. The molecular weight excluding hydrogens is 164 g/mol. The molecule has 0 radical (unpaired) electrons. The van der Waals surface area contributed by atoms with E-state index in [0.717, 1.165) is 0 Å². The van der Waals surface area contributed by atoms with Gasteiger partial charge in [-0.25, -0.2) is 4.68 Å². The number of aliphatic hydroxyl groups excluding tert-OH is 1. The van der Waals surface area contributed by atoms with Crippen LogP contribution in [0.4, 0.5) is 5.82 Å². The van der Waals surface area contributed by atoms with Gasteiger partial charge in [-0.1, -0.05) is 0 Å². The van der Waals surface area contributed by atoms with Gasteiger partial charge in [-0.15, -0.1) is 0 Å². The zero-order valence-corrected chi connectivity index (χ0v) is 6.41. The molecule has 7 nitrogen and oxygen atoms in total. The van der Waals surface area contributed by atoms with Crippen LogP contribution in [0.3, 0.4) is 0 Å². The van der Waals surface area contributed by atoms with E-state index in [0.29, 0.717) is 0 Å². The predicted octanol–water partition coefficient (Wildman–Crippen LogP) is -0.260. The van der Waals surface area contributed by atoms with Crippen molar-refractivity contribution in [1.82, 2.24) is 15.0 Å². The Morgan fingerprint density at radius 3 is 3.00 bits per heavy atom. The predicted molar refractivity (Wildman–Crippen MR) is 38.5 cm³/mol. The van der Waals surface area contributed by atoms with Crippen molar-refractivity contribution < 1.29 is 10.0 Å². The van der Waals surface area contributed by atoms with Crippen LogP contribution >= 0.6 is 0 Å². The molecule has 1 aromatic heterocycles. The van der Waals surface area contributed by atoms with Gasteiger partial charge in [0.1, 0.15) is 11.3 Å². The Bertz CT molecular complexity index is 284. The largest absolute Gasteiger partial charge is 0.410 e. The molecule has 0 aromatic carbocycles. The number of hydrogen-bond donors (Lipinski definition) is 1. The fourth-order valence-electron chi connectivity index (χ4n) is 0.650. The minimum absolute atomic E-state index is 0.124. The van der Waals surface area contributed by atoms with Crippen molar-refractivity contribution in [2.75, 3.05) is 6.61 Å². The summed E-state index contributed by atoms with van der Waals surface area (Å²) in [6.07, 6.45) is 1.18. The molecule has 1 rings (SSSR count). The minimum Gasteiger partial charge on any atom is -0.394 e. The maximum absolute atomic E-state index is 10.2. The fraction of sp³-hybridized carbons (Fsp3) is 0.600. The first-order valence-electron chi connectivity index (χ1n) is 3.32. The Morgan fingerprint density at radius 1 is 1.92 bits per heavy atom. The molecule has 0 fully saturated rings. The van der Waals surface area contributed by atoms with E-state index >= 15 is 0 Å². The highest BCUT2D eigenvalue weighted by atomic mass is 16.6. The Hall–Kier alpha value is -1.50. The second kappa shape index (κ2) is 3.26. The monoisotopic (exact) mass is 172 g/mol. The molecule has 1 N–H and O–H groups in total. The van der Waals surface area contributed by atoms with Crippen molar-refractivity contribution in [3.63, 3.8) is 0 Å². The molecule has 12 heavy (non-hydrogen) atoms. The van der Waals surface area contributed by atoms with E-state index < -0.39 is 4.92 Å². The third-order valence-electron chi connectivity index (χ3n) is 1.40. The van der Waals surface area contributed by atoms with Crippen LogP contribution < -0.4 is 0 Å².